The van der Waals surface area contributed by atoms with E-state index in [9.17, 15) is 0 Å². The van der Waals surface area contributed by atoms with Gasteiger partial charge in [0.1, 0.15) is 12.4 Å². The van der Waals surface area contributed by atoms with Gasteiger partial charge >= 0.3 is 0 Å². The van der Waals surface area contributed by atoms with E-state index in [4.69, 9.17) is 22.1 Å². The molecule has 0 amide bonds. The second kappa shape index (κ2) is 6.16. The van der Waals surface area contributed by atoms with Crippen LogP contribution in [0, 0.1) is 0 Å². The van der Waals surface area contributed by atoms with Crippen LogP contribution in [0.5, 0.6) is 5.75 Å². The van der Waals surface area contributed by atoms with Crippen molar-refractivity contribution >= 4 is 28.1 Å². The van der Waals surface area contributed by atoms with Gasteiger partial charge in [-0.1, -0.05) is 35.9 Å². The summed E-state index contributed by atoms with van der Waals surface area (Å²) in [6, 6.07) is 15.4. The van der Waals surface area contributed by atoms with Crippen molar-refractivity contribution in [1.82, 2.24) is 4.98 Å². The fourth-order valence-electron chi connectivity index (χ4n) is 1.96. The van der Waals surface area contributed by atoms with Crippen LogP contribution in [0.1, 0.15) is 5.56 Å². The second-order valence-corrected chi connectivity index (χ2v) is 5.81. The third kappa shape index (κ3) is 3.35. The van der Waals surface area contributed by atoms with Gasteiger partial charge in [0.05, 0.1) is 5.69 Å². The molecule has 0 aliphatic heterocycles. The average molecular weight is 317 g/mol. The molecule has 0 atom stereocenters. The number of nitrogens with zero attached hydrogens (tertiary/aromatic N) is 1. The Morgan fingerprint density at radius 2 is 1.86 bits per heavy atom. The maximum absolute atomic E-state index is 5.91. The van der Waals surface area contributed by atoms with E-state index >= 15 is 0 Å². The third-order valence-electron chi connectivity index (χ3n) is 2.99. The number of thiazole rings is 1. The second-order valence-electron chi connectivity index (χ2n) is 4.48. The van der Waals surface area contributed by atoms with E-state index in [-0.39, 0.29) is 0 Å². The minimum atomic E-state index is 0.480. The van der Waals surface area contributed by atoms with Crippen molar-refractivity contribution in [2.45, 2.75) is 6.61 Å². The van der Waals surface area contributed by atoms with Crippen LogP contribution in [0.15, 0.2) is 53.9 Å². The quantitative estimate of drug-likeness (QED) is 0.763. The minimum Gasteiger partial charge on any atom is -0.488 e. The van der Waals surface area contributed by atoms with Crippen LogP contribution in [0.4, 0.5) is 5.13 Å². The Balaban J connectivity index is 1.81. The molecule has 3 nitrogen and oxygen atoms in total. The summed E-state index contributed by atoms with van der Waals surface area (Å²) >= 11 is 7.30. The molecule has 2 N–H and O–H groups in total. The Hall–Kier alpha value is -2.04. The third-order valence-corrected chi connectivity index (χ3v) is 3.92. The summed E-state index contributed by atoms with van der Waals surface area (Å²) in [4.78, 5) is 4.31. The molecule has 3 aromatic rings. The molecule has 0 saturated carbocycles. The van der Waals surface area contributed by atoms with Gasteiger partial charge in [0.2, 0.25) is 0 Å². The van der Waals surface area contributed by atoms with Gasteiger partial charge in [0, 0.05) is 16.0 Å². The number of halogens is 1. The highest BCUT2D eigenvalue weighted by Gasteiger charge is 2.09. The van der Waals surface area contributed by atoms with Gasteiger partial charge in [-0.15, -0.1) is 11.3 Å². The lowest BCUT2D eigenvalue weighted by molar-refractivity contribution is 0.307. The first-order valence-electron chi connectivity index (χ1n) is 6.40. The molecule has 0 bridgehead atoms. The summed E-state index contributed by atoms with van der Waals surface area (Å²) in [6.45, 7) is 0.480. The summed E-state index contributed by atoms with van der Waals surface area (Å²) in [7, 11) is 0. The van der Waals surface area contributed by atoms with E-state index in [1.165, 1.54) is 11.3 Å². The molecule has 1 aromatic heterocycles. The van der Waals surface area contributed by atoms with Crippen molar-refractivity contribution in [2.75, 3.05) is 5.73 Å². The van der Waals surface area contributed by atoms with Crippen LogP contribution in [-0.2, 0) is 6.61 Å². The Morgan fingerprint density at radius 3 is 2.57 bits per heavy atom. The highest BCUT2D eigenvalue weighted by Crippen LogP contribution is 2.31. The van der Waals surface area contributed by atoms with Crippen LogP contribution in [0.25, 0.3) is 11.3 Å². The highest BCUT2D eigenvalue weighted by molar-refractivity contribution is 7.13. The minimum absolute atomic E-state index is 0.480. The highest BCUT2D eigenvalue weighted by atomic mass is 35.5. The monoisotopic (exact) mass is 316 g/mol. The molecule has 21 heavy (non-hydrogen) atoms. The van der Waals surface area contributed by atoms with Gasteiger partial charge in [0.15, 0.2) is 5.13 Å². The number of benzene rings is 2. The van der Waals surface area contributed by atoms with Crippen LogP contribution in [0.3, 0.4) is 0 Å². The topological polar surface area (TPSA) is 48.1 Å². The van der Waals surface area contributed by atoms with Crippen molar-refractivity contribution in [2.24, 2.45) is 0 Å². The van der Waals surface area contributed by atoms with Crippen molar-refractivity contribution in [3.63, 3.8) is 0 Å². The Labute approximate surface area is 132 Å². The number of para-hydroxylation sites is 1. The molecule has 1 heterocycles. The first kappa shape index (κ1) is 13.9. The molecule has 106 valence electrons. The normalized spacial score (nSPS) is 10.5. The van der Waals surface area contributed by atoms with E-state index in [1.807, 2.05) is 53.9 Å². The van der Waals surface area contributed by atoms with Gasteiger partial charge in [-0.2, -0.15) is 0 Å². The Kier molecular flexibility index (Phi) is 4.08. The standard InChI is InChI=1S/C16H13ClN2OS/c17-12-7-5-11(6-8-12)9-20-15-4-2-1-3-13(15)14-10-21-16(18)19-14/h1-8,10H,9H2,(H2,18,19). The van der Waals surface area contributed by atoms with E-state index in [0.717, 1.165) is 27.6 Å². The fraction of sp³-hybridized carbons (Fsp3) is 0.0625. The molecule has 3 rings (SSSR count). The molecule has 0 fully saturated rings. The molecule has 0 aliphatic carbocycles. The summed E-state index contributed by atoms with van der Waals surface area (Å²) in [5.74, 6) is 0.790. The summed E-state index contributed by atoms with van der Waals surface area (Å²) in [5.41, 5.74) is 8.54. The fourth-order valence-corrected chi connectivity index (χ4v) is 2.65. The summed E-state index contributed by atoms with van der Waals surface area (Å²) < 4.78 is 5.91. The first-order chi connectivity index (χ1) is 10.2. The summed E-state index contributed by atoms with van der Waals surface area (Å²) in [6.07, 6.45) is 0. The molecule has 0 unspecified atom stereocenters. The lowest BCUT2D eigenvalue weighted by Crippen LogP contribution is -1.97. The van der Waals surface area contributed by atoms with Gasteiger partial charge in [-0.3, -0.25) is 0 Å². The Morgan fingerprint density at radius 1 is 1.10 bits per heavy atom. The van der Waals surface area contributed by atoms with Crippen molar-refractivity contribution in [1.29, 1.82) is 0 Å². The molecule has 0 spiro atoms. The van der Waals surface area contributed by atoms with Crippen molar-refractivity contribution < 1.29 is 4.74 Å². The maximum Gasteiger partial charge on any atom is 0.180 e. The smallest absolute Gasteiger partial charge is 0.180 e. The van der Waals surface area contributed by atoms with E-state index < -0.39 is 0 Å². The zero-order valence-electron chi connectivity index (χ0n) is 11.1. The van der Waals surface area contributed by atoms with E-state index in [2.05, 4.69) is 4.98 Å². The molecule has 0 radical (unpaired) electrons. The largest absolute Gasteiger partial charge is 0.488 e. The predicted molar refractivity (Wildman–Crippen MR) is 87.7 cm³/mol. The van der Waals surface area contributed by atoms with Crippen LogP contribution in [-0.4, -0.2) is 4.98 Å². The first-order valence-corrected chi connectivity index (χ1v) is 7.66. The van der Waals surface area contributed by atoms with Crippen LogP contribution >= 0.6 is 22.9 Å². The van der Waals surface area contributed by atoms with Gasteiger partial charge in [0.25, 0.3) is 0 Å². The van der Waals surface area contributed by atoms with Gasteiger partial charge < -0.3 is 10.5 Å². The van der Waals surface area contributed by atoms with Crippen molar-refractivity contribution in [3.05, 3.63) is 64.5 Å². The number of ether oxygens (including phenoxy) is 1. The lowest BCUT2D eigenvalue weighted by atomic mass is 10.1. The number of aromatic nitrogens is 1. The predicted octanol–water partition coefficient (Wildman–Crippen LogP) is 4.62. The molecular weight excluding hydrogens is 304 g/mol. The van der Waals surface area contributed by atoms with Crippen LogP contribution < -0.4 is 10.5 Å². The van der Waals surface area contributed by atoms with Gasteiger partial charge in [-0.25, -0.2) is 4.98 Å². The zero-order chi connectivity index (χ0) is 14.7. The average Bonchev–Trinajstić information content (AvgIpc) is 2.93. The van der Waals surface area contributed by atoms with Crippen LogP contribution in [0.2, 0.25) is 5.02 Å². The van der Waals surface area contributed by atoms with E-state index in [1.54, 1.807) is 0 Å². The molecular formula is C16H13ClN2OS. The molecule has 5 heteroatoms. The number of nitrogen functional groups attached to an aromatic ring is 1. The molecule has 0 aliphatic rings. The number of hydrogen-bond donors (Lipinski definition) is 1. The number of nitrogens with two attached hydrogens (primary N) is 1. The summed E-state index contributed by atoms with van der Waals surface area (Å²) in [5, 5.41) is 3.20. The maximum atomic E-state index is 5.91. The van der Waals surface area contributed by atoms with Crippen molar-refractivity contribution in [3.8, 4) is 17.0 Å². The zero-order valence-corrected chi connectivity index (χ0v) is 12.7. The van der Waals surface area contributed by atoms with Gasteiger partial charge in [-0.05, 0) is 29.8 Å². The SMILES string of the molecule is Nc1nc(-c2ccccc2OCc2ccc(Cl)cc2)cs1. The number of hydrogen-bond acceptors (Lipinski definition) is 4. The molecule has 2 aromatic carbocycles. The van der Waals surface area contributed by atoms with E-state index in [0.29, 0.717) is 11.7 Å². The Bertz CT molecular complexity index is 740. The lowest BCUT2D eigenvalue weighted by Gasteiger charge is -2.10. The number of rotatable bonds is 4. The molecule has 0 saturated heterocycles. The number of anilines is 1.